The molecule has 4 heteroatoms. The second kappa shape index (κ2) is 5.52. The van der Waals surface area contributed by atoms with E-state index in [1.165, 1.54) is 5.56 Å². The highest BCUT2D eigenvalue weighted by molar-refractivity contribution is 9.10. The Labute approximate surface area is 113 Å². The summed E-state index contributed by atoms with van der Waals surface area (Å²) in [5.74, 6) is 1.44. The van der Waals surface area contributed by atoms with Crippen LogP contribution in [0.25, 0.3) is 0 Å². The zero-order chi connectivity index (χ0) is 11.5. The smallest absolute Gasteiger partial charge is 0.133 e. The van der Waals surface area contributed by atoms with Gasteiger partial charge in [0.2, 0.25) is 0 Å². The lowest BCUT2D eigenvalue weighted by Gasteiger charge is -2.17. The van der Waals surface area contributed by atoms with E-state index in [1.807, 2.05) is 6.07 Å². The minimum atomic E-state index is 0.359. The minimum absolute atomic E-state index is 0.359. The molecule has 0 radical (unpaired) electrons. The SMILES string of the molecule is COc1ccc(C(Br)C2CCOC2)cc1Br. The Morgan fingerprint density at radius 3 is 2.88 bits per heavy atom. The van der Waals surface area contributed by atoms with E-state index >= 15 is 0 Å². The summed E-state index contributed by atoms with van der Waals surface area (Å²) in [7, 11) is 1.68. The maximum Gasteiger partial charge on any atom is 0.133 e. The summed E-state index contributed by atoms with van der Waals surface area (Å²) in [6, 6.07) is 6.20. The van der Waals surface area contributed by atoms with Gasteiger partial charge in [0.05, 0.1) is 18.2 Å². The minimum Gasteiger partial charge on any atom is -0.496 e. The normalized spacial score (nSPS) is 22.1. The van der Waals surface area contributed by atoms with Gasteiger partial charge in [0.1, 0.15) is 5.75 Å². The third-order valence-electron chi connectivity index (χ3n) is 2.87. The van der Waals surface area contributed by atoms with Crippen molar-refractivity contribution in [2.75, 3.05) is 20.3 Å². The molecule has 2 rings (SSSR count). The molecule has 1 aromatic carbocycles. The van der Waals surface area contributed by atoms with Gasteiger partial charge in [0.15, 0.2) is 0 Å². The van der Waals surface area contributed by atoms with Crippen molar-refractivity contribution in [3.63, 3.8) is 0 Å². The Balaban J connectivity index is 2.16. The van der Waals surface area contributed by atoms with Crippen molar-refractivity contribution in [3.05, 3.63) is 28.2 Å². The molecular weight excluding hydrogens is 336 g/mol. The molecule has 1 saturated heterocycles. The molecule has 0 spiro atoms. The first-order valence-electron chi connectivity index (χ1n) is 5.27. The van der Waals surface area contributed by atoms with Gasteiger partial charge in [0.25, 0.3) is 0 Å². The Morgan fingerprint density at radius 1 is 1.50 bits per heavy atom. The van der Waals surface area contributed by atoms with Crippen LogP contribution >= 0.6 is 31.9 Å². The fraction of sp³-hybridized carbons (Fsp3) is 0.500. The highest BCUT2D eigenvalue weighted by Crippen LogP contribution is 2.38. The summed E-state index contributed by atoms with van der Waals surface area (Å²) in [4.78, 5) is 0.359. The van der Waals surface area contributed by atoms with Crippen LogP contribution in [-0.2, 0) is 4.74 Å². The third-order valence-corrected chi connectivity index (χ3v) is 4.77. The van der Waals surface area contributed by atoms with Gasteiger partial charge in [-0.1, -0.05) is 22.0 Å². The maximum atomic E-state index is 5.41. The summed E-state index contributed by atoms with van der Waals surface area (Å²) >= 11 is 7.26. The number of ether oxygens (including phenoxy) is 2. The van der Waals surface area contributed by atoms with Crippen LogP contribution < -0.4 is 4.74 Å². The van der Waals surface area contributed by atoms with Crippen molar-refractivity contribution in [2.24, 2.45) is 5.92 Å². The zero-order valence-corrected chi connectivity index (χ0v) is 12.3. The molecule has 2 unspecified atom stereocenters. The molecule has 1 aromatic rings. The van der Waals surface area contributed by atoms with Crippen LogP contribution in [0.15, 0.2) is 22.7 Å². The molecule has 0 aromatic heterocycles. The van der Waals surface area contributed by atoms with Gasteiger partial charge in [-0.05, 0) is 40.0 Å². The molecule has 0 bridgehead atoms. The summed E-state index contributed by atoms with van der Waals surface area (Å²) in [6.07, 6.45) is 1.12. The van der Waals surface area contributed by atoms with E-state index in [0.29, 0.717) is 10.7 Å². The van der Waals surface area contributed by atoms with E-state index in [4.69, 9.17) is 9.47 Å². The van der Waals surface area contributed by atoms with Crippen LogP contribution in [0.1, 0.15) is 16.8 Å². The van der Waals surface area contributed by atoms with E-state index in [0.717, 1.165) is 29.9 Å². The molecule has 1 aliphatic heterocycles. The largest absolute Gasteiger partial charge is 0.496 e. The number of hydrogen-bond donors (Lipinski definition) is 0. The molecule has 1 fully saturated rings. The fourth-order valence-corrected chi connectivity index (χ4v) is 3.17. The van der Waals surface area contributed by atoms with Gasteiger partial charge in [-0.2, -0.15) is 0 Å². The van der Waals surface area contributed by atoms with E-state index in [2.05, 4.69) is 44.0 Å². The first kappa shape index (κ1) is 12.4. The van der Waals surface area contributed by atoms with Gasteiger partial charge in [-0.3, -0.25) is 0 Å². The van der Waals surface area contributed by atoms with Crippen molar-refractivity contribution in [1.82, 2.24) is 0 Å². The number of halogens is 2. The molecule has 1 aliphatic rings. The highest BCUT2D eigenvalue weighted by Gasteiger charge is 2.25. The Kier molecular flexibility index (Phi) is 4.27. The summed E-state index contributed by atoms with van der Waals surface area (Å²) in [5, 5.41) is 0. The molecule has 88 valence electrons. The molecule has 0 amide bonds. The van der Waals surface area contributed by atoms with Crippen molar-refractivity contribution >= 4 is 31.9 Å². The Morgan fingerprint density at radius 2 is 2.31 bits per heavy atom. The molecular formula is C12H14Br2O2. The zero-order valence-electron chi connectivity index (χ0n) is 9.08. The third kappa shape index (κ3) is 2.60. The maximum absolute atomic E-state index is 5.41. The lowest BCUT2D eigenvalue weighted by molar-refractivity contribution is 0.185. The van der Waals surface area contributed by atoms with Gasteiger partial charge in [0, 0.05) is 17.4 Å². The molecule has 2 nitrogen and oxygen atoms in total. The van der Waals surface area contributed by atoms with Crippen LogP contribution in [0.2, 0.25) is 0 Å². The topological polar surface area (TPSA) is 18.5 Å². The second-order valence-corrected chi connectivity index (χ2v) is 5.76. The molecule has 2 atom stereocenters. The lowest BCUT2D eigenvalue weighted by atomic mass is 9.98. The van der Waals surface area contributed by atoms with Crippen LogP contribution in [0.3, 0.4) is 0 Å². The summed E-state index contributed by atoms with van der Waals surface area (Å²) < 4.78 is 11.6. The molecule has 16 heavy (non-hydrogen) atoms. The quantitative estimate of drug-likeness (QED) is 0.770. The lowest BCUT2D eigenvalue weighted by Crippen LogP contribution is -2.07. The van der Waals surface area contributed by atoms with E-state index in [9.17, 15) is 0 Å². The van der Waals surface area contributed by atoms with Gasteiger partial charge >= 0.3 is 0 Å². The van der Waals surface area contributed by atoms with Crippen LogP contribution in [0, 0.1) is 5.92 Å². The highest BCUT2D eigenvalue weighted by atomic mass is 79.9. The van der Waals surface area contributed by atoms with Crippen molar-refractivity contribution in [1.29, 1.82) is 0 Å². The Bertz CT molecular complexity index is 362. The molecule has 1 heterocycles. The fourth-order valence-electron chi connectivity index (χ4n) is 1.91. The Hall–Kier alpha value is -0.0600. The van der Waals surface area contributed by atoms with Crippen LogP contribution in [-0.4, -0.2) is 20.3 Å². The van der Waals surface area contributed by atoms with Crippen molar-refractivity contribution in [2.45, 2.75) is 11.2 Å². The molecule has 0 N–H and O–H groups in total. The summed E-state index contributed by atoms with van der Waals surface area (Å²) in [6.45, 7) is 1.73. The number of hydrogen-bond acceptors (Lipinski definition) is 2. The molecule has 0 aliphatic carbocycles. The van der Waals surface area contributed by atoms with Crippen molar-refractivity contribution in [3.8, 4) is 5.75 Å². The van der Waals surface area contributed by atoms with Gasteiger partial charge in [-0.25, -0.2) is 0 Å². The van der Waals surface area contributed by atoms with Crippen molar-refractivity contribution < 1.29 is 9.47 Å². The average Bonchev–Trinajstić information content (AvgIpc) is 2.81. The average molecular weight is 350 g/mol. The first-order valence-corrected chi connectivity index (χ1v) is 6.98. The van der Waals surface area contributed by atoms with E-state index in [-0.39, 0.29) is 0 Å². The number of alkyl halides is 1. The van der Waals surface area contributed by atoms with E-state index < -0.39 is 0 Å². The van der Waals surface area contributed by atoms with E-state index in [1.54, 1.807) is 7.11 Å². The van der Waals surface area contributed by atoms with Crippen LogP contribution in [0.4, 0.5) is 0 Å². The predicted octanol–water partition coefficient (Wildman–Crippen LogP) is 3.93. The molecule has 0 saturated carbocycles. The first-order chi connectivity index (χ1) is 7.72. The second-order valence-electron chi connectivity index (χ2n) is 3.92. The summed E-state index contributed by atoms with van der Waals surface area (Å²) in [5.41, 5.74) is 1.27. The van der Waals surface area contributed by atoms with Gasteiger partial charge in [-0.15, -0.1) is 0 Å². The monoisotopic (exact) mass is 348 g/mol. The number of rotatable bonds is 3. The number of methoxy groups -OCH3 is 1. The predicted molar refractivity (Wildman–Crippen MR) is 71.3 cm³/mol. The van der Waals surface area contributed by atoms with Crippen LogP contribution in [0.5, 0.6) is 5.75 Å². The number of benzene rings is 1. The van der Waals surface area contributed by atoms with Gasteiger partial charge < -0.3 is 9.47 Å². The standard InChI is InChI=1S/C12H14Br2O2/c1-15-11-3-2-8(6-10(11)13)12(14)9-4-5-16-7-9/h2-3,6,9,12H,4-5,7H2,1H3.